The van der Waals surface area contributed by atoms with Gasteiger partial charge in [0.25, 0.3) is 0 Å². The molecule has 172 valence electrons. The Morgan fingerprint density at radius 3 is 1.24 bits per heavy atom. The quantitative estimate of drug-likeness (QED) is 0.0956. The van der Waals surface area contributed by atoms with Crippen LogP contribution in [0.4, 0.5) is 0 Å². The molecule has 0 radical (unpaired) electrons. The minimum Gasteiger partial charge on any atom is -0.463 e. The molecule has 0 saturated heterocycles. The topological polar surface area (TPSA) is 26.3 Å². The summed E-state index contributed by atoms with van der Waals surface area (Å²) in [6, 6.07) is 0. The molecule has 29 heavy (non-hydrogen) atoms. The predicted molar refractivity (Wildman–Crippen MR) is 128 cm³/mol. The summed E-state index contributed by atoms with van der Waals surface area (Å²) in [5, 5.41) is 0. The van der Waals surface area contributed by atoms with Crippen molar-refractivity contribution in [1.82, 2.24) is 0 Å². The summed E-state index contributed by atoms with van der Waals surface area (Å²) in [7, 11) is 0. The highest BCUT2D eigenvalue weighted by Crippen LogP contribution is 2.15. The lowest BCUT2D eigenvalue weighted by Crippen LogP contribution is -1.98. The molecule has 0 N–H and O–H groups in total. The second kappa shape index (κ2) is 25.2. The molecule has 0 aromatic rings. The van der Waals surface area contributed by atoms with Gasteiger partial charge in [-0.1, -0.05) is 135 Å². The van der Waals surface area contributed by atoms with Crippen LogP contribution in [0, 0.1) is 0 Å². The van der Waals surface area contributed by atoms with Crippen molar-refractivity contribution in [1.29, 1.82) is 0 Å². The second-order valence-electron chi connectivity index (χ2n) is 8.66. The van der Waals surface area contributed by atoms with Crippen molar-refractivity contribution in [3.8, 4) is 0 Å². The zero-order chi connectivity index (χ0) is 21.3. The zero-order valence-corrected chi connectivity index (χ0v) is 20.0. The maximum atomic E-state index is 11.1. The van der Waals surface area contributed by atoms with Gasteiger partial charge in [0.1, 0.15) is 0 Å². The van der Waals surface area contributed by atoms with Crippen molar-refractivity contribution < 1.29 is 9.53 Å². The maximum Gasteiger partial charge on any atom is 0.330 e. The summed E-state index contributed by atoms with van der Waals surface area (Å²) >= 11 is 0. The van der Waals surface area contributed by atoms with Crippen molar-refractivity contribution in [3.05, 3.63) is 12.2 Å². The Morgan fingerprint density at radius 2 is 0.897 bits per heavy atom. The number of carbonyl (C=O) groups excluding carboxylic acids is 1. The van der Waals surface area contributed by atoms with E-state index in [4.69, 9.17) is 4.74 Å². The lowest BCUT2D eigenvalue weighted by molar-refractivity contribution is -0.137. The Hall–Kier alpha value is -0.790. The molecular formula is C27H52O2. The lowest BCUT2D eigenvalue weighted by atomic mass is 10.0. The van der Waals surface area contributed by atoms with E-state index in [1.807, 2.05) is 13.0 Å². The number of hydrogen-bond donors (Lipinski definition) is 0. The molecule has 2 heteroatoms. The van der Waals surface area contributed by atoms with Gasteiger partial charge in [-0.15, -0.1) is 0 Å². The molecular weight excluding hydrogens is 356 g/mol. The fourth-order valence-electron chi connectivity index (χ4n) is 3.89. The third-order valence-electron chi connectivity index (χ3n) is 5.76. The SMILES string of the molecule is CCCCCCCCCCCCCCCCCCCCCCC=CC(=O)OCC. The first-order valence-electron chi connectivity index (χ1n) is 13.1. The third-order valence-corrected chi connectivity index (χ3v) is 5.76. The normalized spacial score (nSPS) is 11.4. The van der Waals surface area contributed by atoms with Crippen LogP contribution in [-0.4, -0.2) is 12.6 Å². The molecule has 0 aliphatic heterocycles. The van der Waals surface area contributed by atoms with Gasteiger partial charge in [0.05, 0.1) is 6.61 Å². The standard InChI is InChI=1S/C27H52O2/c1-3-5-6-7-8-9-10-11-12-13-14-15-16-17-18-19-20-21-22-23-24-25-26-27(28)29-4-2/h25-26H,3-24H2,1-2H3. The minimum absolute atomic E-state index is 0.208. The van der Waals surface area contributed by atoms with Crippen molar-refractivity contribution in [2.45, 2.75) is 149 Å². The fourth-order valence-corrected chi connectivity index (χ4v) is 3.89. The van der Waals surface area contributed by atoms with Gasteiger partial charge in [-0.2, -0.15) is 0 Å². The first kappa shape index (κ1) is 28.2. The molecule has 0 aromatic carbocycles. The van der Waals surface area contributed by atoms with Gasteiger partial charge in [-0.3, -0.25) is 0 Å². The van der Waals surface area contributed by atoms with E-state index < -0.39 is 0 Å². The first-order chi connectivity index (χ1) is 14.3. The van der Waals surface area contributed by atoms with Crippen LogP contribution in [0.1, 0.15) is 149 Å². The number of ether oxygens (including phenoxy) is 1. The molecule has 2 nitrogen and oxygen atoms in total. The molecule has 0 aromatic heterocycles. The van der Waals surface area contributed by atoms with Crippen LogP contribution in [0.15, 0.2) is 12.2 Å². The van der Waals surface area contributed by atoms with E-state index in [0.29, 0.717) is 6.61 Å². The number of rotatable bonds is 23. The third kappa shape index (κ3) is 25.2. The van der Waals surface area contributed by atoms with Gasteiger partial charge in [0.2, 0.25) is 0 Å². The van der Waals surface area contributed by atoms with Crippen molar-refractivity contribution in [3.63, 3.8) is 0 Å². The van der Waals surface area contributed by atoms with Crippen molar-refractivity contribution >= 4 is 5.97 Å². The number of hydrogen-bond acceptors (Lipinski definition) is 2. The molecule has 0 amide bonds. The van der Waals surface area contributed by atoms with E-state index in [-0.39, 0.29) is 5.97 Å². The van der Waals surface area contributed by atoms with Crippen LogP contribution in [0.3, 0.4) is 0 Å². The Bertz CT molecular complexity index is 348. The summed E-state index contributed by atoms with van der Waals surface area (Å²) in [6.07, 6.45) is 32.8. The summed E-state index contributed by atoms with van der Waals surface area (Å²) in [6.45, 7) is 4.59. The molecule has 0 atom stereocenters. The largest absolute Gasteiger partial charge is 0.463 e. The molecule has 0 aliphatic carbocycles. The lowest BCUT2D eigenvalue weighted by Gasteiger charge is -2.04. The van der Waals surface area contributed by atoms with Gasteiger partial charge in [-0.05, 0) is 19.8 Å². The van der Waals surface area contributed by atoms with E-state index in [0.717, 1.165) is 6.42 Å². The monoisotopic (exact) mass is 408 g/mol. The first-order valence-corrected chi connectivity index (χ1v) is 13.1. The molecule has 0 aliphatic rings. The zero-order valence-electron chi connectivity index (χ0n) is 20.0. The summed E-state index contributed by atoms with van der Waals surface area (Å²) in [5.41, 5.74) is 0. The Morgan fingerprint density at radius 1 is 0.552 bits per heavy atom. The summed E-state index contributed by atoms with van der Waals surface area (Å²) < 4.78 is 4.86. The highest BCUT2D eigenvalue weighted by Gasteiger charge is 1.96. The van der Waals surface area contributed by atoms with Crippen LogP contribution in [0.25, 0.3) is 0 Å². The van der Waals surface area contributed by atoms with Crippen molar-refractivity contribution in [2.24, 2.45) is 0 Å². The van der Waals surface area contributed by atoms with Gasteiger partial charge >= 0.3 is 5.97 Å². The Kier molecular flexibility index (Phi) is 24.6. The highest BCUT2D eigenvalue weighted by atomic mass is 16.5. The number of esters is 1. The van der Waals surface area contributed by atoms with Crippen LogP contribution >= 0.6 is 0 Å². The van der Waals surface area contributed by atoms with Crippen molar-refractivity contribution in [2.75, 3.05) is 6.61 Å². The predicted octanol–water partition coefficient (Wildman–Crippen LogP) is 9.32. The van der Waals surface area contributed by atoms with Crippen LogP contribution in [0.2, 0.25) is 0 Å². The second-order valence-corrected chi connectivity index (χ2v) is 8.66. The molecule has 0 rings (SSSR count). The van der Waals surface area contributed by atoms with E-state index >= 15 is 0 Å². The smallest absolute Gasteiger partial charge is 0.330 e. The number of allylic oxidation sites excluding steroid dienone is 1. The van der Waals surface area contributed by atoms with Gasteiger partial charge in [0, 0.05) is 6.08 Å². The average Bonchev–Trinajstić information content (AvgIpc) is 2.72. The minimum atomic E-state index is -0.208. The highest BCUT2D eigenvalue weighted by molar-refractivity contribution is 5.81. The van der Waals surface area contributed by atoms with Gasteiger partial charge in [-0.25, -0.2) is 4.79 Å². The van der Waals surface area contributed by atoms with E-state index in [2.05, 4.69) is 6.92 Å². The Balaban J connectivity index is 3.07. The maximum absolute atomic E-state index is 11.1. The Labute approximate surface area is 183 Å². The molecule has 0 fully saturated rings. The van der Waals surface area contributed by atoms with E-state index in [1.165, 1.54) is 128 Å². The average molecular weight is 409 g/mol. The number of carbonyl (C=O) groups is 1. The van der Waals surface area contributed by atoms with Gasteiger partial charge < -0.3 is 4.74 Å². The van der Waals surface area contributed by atoms with Gasteiger partial charge in [0.15, 0.2) is 0 Å². The molecule has 0 bridgehead atoms. The van der Waals surface area contributed by atoms with E-state index in [9.17, 15) is 4.79 Å². The molecule has 0 heterocycles. The summed E-state index contributed by atoms with van der Waals surface area (Å²) in [4.78, 5) is 11.1. The van der Waals surface area contributed by atoms with E-state index in [1.54, 1.807) is 6.08 Å². The van der Waals surface area contributed by atoms with Crippen LogP contribution in [0.5, 0.6) is 0 Å². The molecule has 0 saturated carbocycles. The summed E-state index contributed by atoms with van der Waals surface area (Å²) in [5.74, 6) is -0.208. The van der Waals surface area contributed by atoms with Crippen LogP contribution in [-0.2, 0) is 9.53 Å². The van der Waals surface area contributed by atoms with Crippen LogP contribution < -0.4 is 0 Å². The molecule has 0 unspecified atom stereocenters. The fraction of sp³-hybridized carbons (Fsp3) is 0.889. The molecule has 0 spiro atoms. The number of unbranched alkanes of at least 4 members (excludes halogenated alkanes) is 20.